The fourth-order valence-electron chi connectivity index (χ4n) is 2.04. The highest BCUT2D eigenvalue weighted by Gasteiger charge is 2.34. The van der Waals surface area contributed by atoms with Gasteiger partial charge in [0.25, 0.3) is 0 Å². The highest BCUT2D eigenvalue weighted by Crippen LogP contribution is 2.32. The molecule has 0 saturated heterocycles. The van der Waals surface area contributed by atoms with Crippen LogP contribution in [0.15, 0.2) is 27.6 Å². The lowest BCUT2D eigenvalue weighted by atomic mass is 9.93. The van der Waals surface area contributed by atoms with Gasteiger partial charge in [0.05, 0.1) is 16.5 Å². The monoisotopic (exact) mass is 367 g/mol. The topological polar surface area (TPSA) is 57.6 Å². The van der Waals surface area contributed by atoms with E-state index < -0.39 is 10.0 Å². The van der Waals surface area contributed by atoms with Gasteiger partial charge in [0.15, 0.2) is 0 Å². The first kappa shape index (κ1) is 15.3. The number of sulfonamides is 1. The second-order valence-corrected chi connectivity index (χ2v) is 7.65. The summed E-state index contributed by atoms with van der Waals surface area (Å²) in [6.07, 6.45) is 2.74. The Balaban J connectivity index is 2.35. The van der Waals surface area contributed by atoms with Crippen molar-refractivity contribution in [3.8, 4) is 0 Å². The molecule has 1 saturated carbocycles. The maximum Gasteiger partial charge on any atom is 0.243 e. The molecule has 0 spiro atoms. The Labute approximate surface area is 126 Å². The van der Waals surface area contributed by atoms with E-state index in [-0.39, 0.29) is 24.1 Å². The molecule has 1 aliphatic carbocycles. The minimum atomic E-state index is -3.58. The maximum absolute atomic E-state index is 12.6. The van der Waals surface area contributed by atoms with Gasteiger partial charge in [0.1, 0.15) is 0 Å². The largest absolute Gasteiger partial charge is 0.395 e. The van der Waals surface area contributed by atoms with Gasteiger partial charge in [-0.15, -0.1) is 0 Å². The van der Waals surface area contributed by atoms with E-state index in [1.54, 1.807) is 6.07 Å². The fraction of sp³-hybridized carbons (Fsp3) is 0.500. The summed E-state index contributed by atoms with van der Waals surface area (Å²) in [7, 11) is -3.58. The lowest BCUT2D eigenvalue weighted by Crippen LogP contribution is -2.45. The Hall–Kier alpha value is -0.140. The molecule has 19 heavy (non-hydrogen) atoms. The van der Waals surface area contributed by atoms with Crippen LogP contribution in [-0.4, -0.2) is 37.0 Å². The number of halogens is 2. The van der Waals surface area contributed by atoms with Crippen molar-refractivity contribution in [3.63, 3.8) is 0 Å². The summed E-state index contributed by atoms with van der Waals surface area (Å²) in [5.74, 6) is 0. The predicted octanol–water partition coefficient (Wildman–Crippen LogP) is 2.64. The standard InChI is InChI=1S/C12H15BrClNO3S/c13-11-8-10(4-5-12(11)14)19(17,18)15(6-7-16)9-2-1-3-9/h4-5,8-9,16H,1-3,6-7H2. The second kappa shape index (κ2) is 6.10. The second-order valence-electron chi connectivity index (χ2n) is 4.50. The van der Waals surface area contributed by atoms with Gasteiger partial charge in [0, 0.05) is 17.1 Å². The third-order valence-electron chi connectivity index (χ3n) is 3.30. The molecule has 0 atom stereocenters. The lowest BCUT2D eigenvalue weighted by molar-refractivity contribution is 0.178. The molecule has 1 fully saturated rings. The average molecular weight is 369 g/mol. The van der Waals surface area contributed by atoms with Crippen LogP contribution in [0.2, 0.25) is 5.02 Å². The van der Waals surface area contributed by atoms with Crippen LogP contribution in [0.1, 0.15) is 19.3 Å². The fourth-order valence-corrected chi connectivity index (χ4v) is 4.40. The van der Waals surface area contributed by atoms with Gasteiger partial charge in [-0.2, -0.15) is 4.31 Å². The molecule has 1 aliphatic rings. The van der Waals surface area contributed by atoms with Crippen molar-refractivity contribution in [3.05, 3.63) is 27.7 Å². The van der Waals surface area contributed by atoms with Gasteiger partial charge in [-0.05, 0) is 47.0 Å². The van der Waals surface area contributed by atoms with Crippen molar-refractivity contribution in [1.82, 2.24) is 4.31 Å². The Bertz CT molecular complexity index is 560. The van der Waals surface area contributed by atoms with Crippen LogP contribution in [0.3, 0.4) is 0 Å². The number of hydrogen-bond donors (Lipinski definition) is 1. The van der Waals surface area contributed by atoms with Gasteiger partial charge >= 0.3 is 0 Å². The van der Waals surface area contributed by atoms with E-state index in [1.807, 2.05) is 0 Å². The summed E-state index contributed by atoms with van der Waals surface area (Å²) < 4.78 is 27.1. The average Bonchev–Trinajstić information content (AvgIpc) is 2.29. The molecule has 1 aromatic carbocycles. The molecule has 106 valence electrons. The molecule has 0 unspecified atom stereocenters. The minimum absolute atomic E-state index is 0.00611. The summed E-state index contributed by atoms with van der Waals surface area (Å²) in [6, 6.07) is 4.55. The number of aliphatic hydroxyl groups excluding tert-OH is 1. The van der Waals surface area contributed by atoms with Gasteiger partial charge < -0.3 is 5.11 Å². The zero-order valence-corrected chi connectivity index (χ0v) is 13.4. The van der Waals surface area contributed by atoms with Crippen molar-refractivity contribution in [2.75, 3.05) is 13.2 Å². The first-order chi connectivity index (χ1) is 8.96. The van der Waals surface area contributed by atoms with Crippen LogP contribution in [0.25, 0.3) is 0 Å². The number of rotatable bonds is 5. The van der Waals surface area contributed by atoms with E-state index in [0.29, 0.717) is 9.50 Å². The first-order valence-electron chi connectivity index (χ1n) is 6.04. The van der Waals surface area contributed by atoms with E-state index in [2.05, 4.69) is 15.9 Å². The number of aliphatic hydroxyl groups is 1. The Morgan fingerprint density at radius 2 is 2.11 bits per heavy atom. The highest BCUT2D eigenvalue weighted by molar-refractivity contribution is 9.10. The number of benzene rings is 1. The normalized spacial score (nSPS) is 16.6. The van der Waals surface area contributed by atoms with Crippen molar-refractivity contribution in [2.24, 2.45) is 0 Å². The summed E-state index contributed by atoms with van der Waals surface area (Å²) >= 11 is 9.11. The van der Waals surface area contributed by atoms with E-state index >= 15 is 0 Å². The third kappa shape index (κ3) is 3.13. The number of hydrogen-bond acceptors (Lipinski definition) is 3. The predicted molar refractivity (Wildman–Crippen MR) is 77.8 cm³/mol. The van der Waals surface area contributed by atoms with E-state index in [4.69, 9.17) is 16.7 Å². The summed E-state index contributed by atoms with van der Waals surface area (Å²) in [6.45, 7) is -0.0439. The Morgan fingerprint density at radius 3 is 2.58 bits per heavy atom. The Kier molecular flexibility index (Phi) is 4.89. The molecule has 7 heteroatoms. The van der Waals surface area contributed by atoms with Crippen LogP contribution >= 0.6 is 27.5 Å². The first-order valence-corrected chi connectivity index (χ1v) is 8.65. The molecule has 4 nitrogen and oxygen atoms in total. The molecule has 0 aliphatic heterocycles. The molecule has 1 aromatic rings. The summed E-state index contributed by atoms with van der Waals surface area (Å²) in [5, 5.41) is 9.55. The van der Waals surface area contributed by atoms with Gasteiger partial charge in [0.2, 0.25) is 10.0 Å². The van der Waals surface area contributed by atoms with E-state index in [1.165, 1.54) is 16.4 Å². The lowest BCUT2D eigenvalue weighted by Gasteiger charge is -2.36. The van der Waals surface area contributed by atoms with Crippen LogP contribution in [0.5, 0.6) is 0 Å². The molecule has 2 rings (SSSR count). The van der Waals surface area contributed by atoms with Crippen LogP contribution < -0.4 is 0 Å². The highest BCUT2D eigenvalue weighted by atomic mass is 79.9. The smallest absolute Gasteiger partial charge is 0.243 e. The maximum atomic E-state index is 12.6. The van der Waals surface area contributed by atoms with E-state index in [9.17, 15) is 8.42 Å². The van der Waals surface area contributed by atoms with Gasteiger partial charge in [-0.3, -0.25) is 0 Å². The molecule has 0 amide bonds. The van der Waals surface area contributed by atoms with Crippen molar-refractivity contribution in [2.45, 2.75) is 30.2 Å². The zero-order chi connectivity index (χ0) is 14.0. The Morgan fingerprint density at radius 1 is 1.42 bits per heavy atom. The summed E-state index contributed by atoms with van der Waals surface area (Å²) in [4.78, 5) is 0.198. The van der Waals surface area contributed by atoms with Crippen LogP contribution in [0, 0.1) is 0 Å². The molecule has 0 radical (unpaired) electrons. The van der Waals surface area contributed by atoms with Crippen LogP contribution in [-0.2, 0) is 10.0 Å². The molecule has 0 aromatic heterocycles. The zero-order valence-electron chi connectivity index (χ0n) is 10.2. The SMILES string of the molecule is O=S(=O)(c1ccc(Cl)c(Br)c1)N(CCO)C1CCC1. The molecule has 0 bridgehead atoms. The van der Waals surface area contributed by atoms with Gasteiger partial charge in [-0.1, -0.05) is 18.0 Å². The summed E-state index contributed by atoms with van der Waals surface area (Å²) in [5.41, 5.74) is 0. The van der Waals surface area contributed by atoms with Gasteiger partial charge in [-0.25, -0.2) is 8.42 Å². The van der Waals surface area contributed by atoms with Crippen molar-refractivity contribution in [1.29, 1.82) is 0 Å². The molecule has 1 N–H and O–H groups in total. The van der Waals surface area contributed by atoms with Crippen LogP contribution in [0.4, 0.5) is 0 Å². The third-order valence-corrected chi connectivity index (χ3v) is 6.46. The minimum Gasteiger partial charge on any atom is -0.395 e. The van der Waals surface area contributed by atoms with Crippen molar-refractivity contribution >= 4 is 37.6 Å². The molecular formula is C12H15BrClNO3S. The molecular weight excluding hydrogens is 354 g/mol. The molecule has 0 heterocycles. The number of nitrogens with zero attached hydrogens (tertiary/aromatic N) is 1. The van der Waals surface area contributed by atoms with E-state index in [0.717, 1.165) is 19.3 Å². The van der Waals surface area contributed by atoms with Crippen molar-refractivity contribution < 1.29 is 13.5 Å². The quantitative estimate of drug-likeness (QED) is 0.869.